The highest BCUT2D eigenvalue weighted by atomic mass is 35.5. The Bertz CT molecular complexity index is 575. The molecule has 7 heteroatoms. The lowest BCUT2D eigenvalue weighted by Gasteiger charge is -2.21. The van der Waals surface area contributed by atoms with Crippen molar-refractivity contribution in [2.24, 2.45) is 0 Å². The first-order valence-corrected chi connectivity index (χ1v) is 6.78. The van der Waals surface area contributed by atoms with Crippen LogP contribution < -0.4 is 10.6 Å². The molecule has 0 aromatic heterocycles. The summed E-state index contributed by atoms with van der Waals surface area (Å²) in [7, 11) is 0. The van der Waals surface area contributed by atoms with Gasteiger partial charge in [0.1, 0.15) is 6.04 Å². The second-order valence-electron chi connectivity index (χ2n) is 4.48. The summed E-state index contributed by atoms with van der Waals surface area (Å²) in [6.45, 7) is 0. The van der Waals surface area contributed by atoms with Gasteiger partial charge in [0.15, 0.2) is 0 Å². The number of halogens is 2. The molecule has 1 saturated heterocycles. The Kier molecular flexibility index (Phi) is 4.62. The van der Waals surface area contributed by atoms with Crippen molar-refractivity contribution in [3.63, 3.8) is 0 Å². The standard InChI is InChI=1S/C13H12Cl2N2O3/c14-8-2-1-7(9(15)6-8)5-12(19)16-10-3-4-11(18)17-13(10)20/h1-2,6,10H,3-5H2,(H,16,19)(H,17,18,20). The lowest BCUT2D eigenvalue weighted by Crippen LogP contribution is -2.52. The number of amides is 3. The van der Waals surface area contributed by atoms with Gasteiger partial charge in [-0.25, -0.2) is 0 Å². The predicted molar refractivity (Wildman–Crippen MR) is 74.5 cm³/mol. The number of hydrogen-bond donors (Lipinski definition) is 2. The van der Waals surface area contributed by atoms with Crippen LogP contribution >= 0.6 is 23.2 Å². The monoisotopic (exact) mass is 314 g/mol. The van der Waals surface area contributed by atoms with Crippen molar-refractivity contribution >= 4 is 40.9 Å². The van der Waals surface area contributed by atoms with Gasteiger partial charge in [0.2, 0.25) is 17.7 Å². The van der Waals surface area contributed by atoms with E-state index in [1.807, 2.05) is 0 Å². The molecule has 2 rings (SSSR count). The van der Waals surface area contributed by atoms with Crippen LogP contribution in [-0.2, 0) is 20.8 Å². The second-order valence-corrected chi connectivity index (χ2v) is 5.33. The van der Waals surface area contributed by atoms with E-state index in [1.54, 1.807) is 18.2 Å². The molecule has 0 radical (unpaired) electrons. The Labute approximate surface area is 125 Å². The highest BCUT2D eigenvalue weighted by molar-refractivity contribution is 6.35. The van der Waals surface area contributed by atoms with Crippen LogP contribution in [0.1, 0.15) is 18.4 Å². The Morgan fingerprint density at radius 1 is 1.35 bits per heavy atom. The van der Waals surface area contributed by atoms with Crippen molar-refractivity contribution in [2.45, 2.75) is 25.3 Å². The van der Waals surface area contributed by atoms with E-state index in [4.69, 9.17) is 23.2 Å². The quantitative estimate of drug-likeness (QED) is 0.829. The highest BCUT2D eigenvalue weighted by Crippen LogP contribution is 2.21. The molecule has 106 valence electrons. The van der Waals surface area contributed by atoms with Crippen molar-refractivity contribution in [1.29, 1.82) is 0 Å². The first-order valence-electron chi connectivity index (χ1n) is 6.02. The fourth-order valence-electron chi connectivity index (χ4n) is 1.91. The van der Waals surface area contributed by atoms with Gasteiger partial charge in [-0.3, -0.25) is 19.7 Å². The summed E-state index contributed by atoms with van der Waals surface area (Å²) in [6.07, 6.45) is 0.580. The van der Waals surface area contributed by atoms with E-state index >= 15 is 0 Å². The molecule has 1 atom stereocenters. The molecule has 1 aromatic rings. The number of rotatable bonds is 3. The SMILES string of the molecule is O=C1CCC(NC(=O)Cc2ccc(Cl)cc2Cl)C(=O)N1. The maximum atomic E-state index is 11.9. The van der Waals surface area contributed by atoms with E-state index in [2.05, 4.69) is 10.6 Å². The predicted octanol–water partition coefficient (Wildman–Crippen LogP) is 1.46. The van der Waals surface area contributed by atoms with Crippen LogP contribution in [0.15, 0.2) is 18.2 Å². The maximum absolute atomic E-state index is 11.9. The Morgan fingerprint density at radius 2 is 2.10 bits per heavy atom. The smallest absolute Gasteiger partial charge is 0.249 e. The van der Waals surface area contributed by atoms with Crippen LogP contribution in [0.3, 0.4) is 0 Å². The molecule has 0 bridgehead atoms. The van der Waals surface area contributed by atoms with Gasteiger partial charge in [-0.15, -0.1) is 0 Å². The van der Waals surface area contributed by atoms with Gasteiger partial charge >= 0.3 is 0 Å². The van der Waals surface area contributed by atoms with Gasteiger partial charge in [0.25, 0.3) is 0 Å². The molecule has 2 N–H and O–H groups in total. The largest absolute Gasteiger partial charge is 0.344 e. The number of carbonyl (C=O) groups is 3. The van der Waals surface area contributed by atoms with Crippen molar-refractivity contribution in [3.8, 4) is 0 Å². The topological polar surface area (TPSA) is 75.3 Å². The second kappa shape index (κ2) is 6.24. The average molecular weight is 315 g/mol. The van der Waals surface area contributed by atoms with Crippen LogP contribution in [0.4, 0.5) is 0 Å². The van der Waals surface area contributed by atoms with Crippen LogP contribution in [0.2, 0.25) is 10.0 Å². The Morgan fingerprint density at radius 3 is 2.75 bits per heavy atom. The molecule has 5 nitrogen and oxygen atoms in total. The summed E-state index contributed by atoms with van der Waals surface area (Å²) in [5.41, 5.74) is 0.626. The lowest BCUT2D eigenvalue weighted by atomic mass is 10.1. The number of hydrogen-bond acceptors (Lipinski definition) is 3. The van der Waals surface area contributed by atoms with E-state index < -0.39 is 11.9 Å². The molecule has 1 unspecified atom stereocenters. The third kappa shape index (κ3) is 3.71. The minimum absolute atomic E-state index is 0.0493. The molecule has 1 fully saturated rings. The first-order chi connectivity index (χ1) is 9.45. The highest BCUT2D eigenvalue weighted by Gasteiger charge is 2.27. The van der Waals surface area contributed by atoms with E-state index in [9.17, 15) is 14.4 Å². The minimum atomic E-state index is -0.675. The molecule has 1 aliphatic rings. The van der Waals surface area contributed by atoms with E-state index in [0.717, 1.165) is 0 Å². The summed E-state index contributed by atoms with van der Waals surface area (Å²) in [5, 5.41) is 5.66. The fourth-order valence-corrected chi connectivity index (χ4v) is 2.39. The average Bonchev–Trinajstić information content (AvgIpc) is 2.36. The van der Waals surface area contributed by atoms with Gasteiger partial charge in [-0.2, -0.15) is 0 Å². The third-order valence-electron chi connectivity index (χ3n) is 2.94. The van der Waals surface area contributed by atoms with Crippen molar-refractivity contribution in [1.82, 2.24) is 10.6 Å². The van der Waals surface area contributed by atoms with E-state index in [1.165, 1.54) is 0 Å². The first kappa shape index (κ1) is 14.8. The molecule has 20 heavy (non-hydrogen) atoms. The number of piperidine rings is 1. The third-order valence-corrected chi connectivity index (χ3v) is 3.53. The fraction of sp³-hybridized carbons (Fsp3) is 0.308. The van der Waals surface area contributed by atoms with E-state index in [-0.39, 0.29) is 24.7 Å². The Hall–Kier alpha value is -1.59. The number of carbonyl (C=O) groups excluding carboxylic acids is 3. The molecule has 0 saturated carbocycles. The summed E-state index contributed by atoms with van der Waals surface area (Å²) < 4.78 is 0. The molecule has 1 heterocycles. The molecule has 1 aliphatic heterocycles. The Balaban J connectivity index is 1.95. The number of nitrogens with one attached hydrogen (secondary N) is 2. The van der Waals surface area contributed by atoms with Gasteiger partial charge < -0.3 is 5.32 Å². The summed E-state index contributed by atoms with van der Waals surface area (Å²) in [6, 6.07) is 4.18. The van der Waals surface area contributed by atoms with Crippen molar-refractivity contribution in [2.75, 3.05) is 0 Å². The van der Waals surface area contributed by atoms with Gasteiger partial charge in [0, 0.05) is 16.5 Å². The summed E-state index contributed by atoms with van der Waals surface area (Å²) >= 11 is 11.7. The number of imide groups is 1. The lowest BCUT2D eigenvalue weighted by molar-refractivity contribution is -0.137. The minimum Gasteiger partial charge on any atom is -0.344 e. The normalized spacial score (nSPS) is 18.6. The zero-order chi connectivity index (χ0) is 14.7. The number of benzene rings is 1. The summed E-state index contributed by atoms with van der Waals surface area (Å²) in [5.74, 6) is -1.12. The van der Waals surface area contributed by atoms with Gasteiger partial charge in [-0.05, 0) is 24.1 Å². The van der Waals surface area contributed by atoms with Gasteiger partial charge in [-0.1, -0.05) is 29.3 Å². The molecule has 0 aliphatic carbocycles. The van der Waals surface area contributed by atoms with Crippen LogP contribution in [-0.4, -0.2) is 23.8 Å². The molecule has 0 spiro atoms. The van der Waals surface area contributed by atoms with Crippen LogP contribution in [0.25, 0.3) is 0 Å². The van der Waals surface area contributed by atoms with Crippen molar-refractivity contribution in [3.05, 3.63) is 33.8 Å². The maximum Gasteiger partial charge on any atom is 0.249 e. The van der Waals surface area contributed by atoms with E-state index in [0.29, 0.717) is 22.0 Å². The van der Waals surface area contributed by atoms with Crippen LogP contribution in [0, 0.1) is 0 Å². The molecular formula is C13H12Cl2N2O3. The van der Waals surface area contributed by atoms with Gasteiger partial charge in [0.05, 0.1) is 6.42 Å². The molecule has 3 amide bonds. The van der Waals surface area contributed by atoms with Crippen LogP contribution in [0.5, 0.6) is 0 Å². The summed E-state index contributed by atoms with van der Waals surface area (Å²) in [4.78, 5) is 34.4. The zero-order valence-corrected chi connectivity index (χ0v) is 11.9. The molecular weight excluding hydrogens is 303 g/mol. The molecule has 1 aromatic carbocycles. The zero-order valence-electron chi connectivity index (χ0n) is 10.4. The van der Waals surface area contributed by atoms with Crippen molar-refractivity contribution < 1.29 is 14.4 Å².